The highest BCUT2D eigenvalue weighted by molar-refractivity contribution is 5.52. The molecular formula is C12H15N5. The van der Waals surface area contributed by atoms with Gasteiger partial charge < -0.3 is 5.73 Å². The lowest BCUT2D eigenvalue weighted by atomic mass is 10.2. The van der Waals surface area contributed by atoms with Gasteiger partial charge in [0.2, 0.25) is 0 Å². The fraction of sp³-hybridized carbons (Fsp3) is 0.417. The molecule has 1 aliphatic carbocycles. The van der Waals surface area contributed by atoms with Crippen LogP contribution >= 0.6 is 0 Å². The summed E-state index contributed by atoms with van der Waals surface area (Å²) in [4.78, 5) is 8.90. The van der Waals surface area contributed by atoms with Crippen LogP contribution in [0.15, 0.2) is 18.3 Å². The third-order valence-electron chi connectivity index (χ3n) is 3.01. The molecule has 0 saturated heterocycles. The van der Waals surface area contributed by atoms with Crippen molar-refractivity contribution in [2.75, 3.05) is 5.73 Å². The van der Waals surface area contributed by atoms with Gasteiger partial charge in [-0.15, -0.1) is 0 Å². The molecule has 0 radical (unpaired) electrons. The maximum Gasteiger partial charge on any atom is 0.180 e. The molecule has 0 aromatic carbocycles. The number of anilines is 1. The van der Waals surface area contributed by atoms with Gasteiger partial charge in [-0.05, 0) is 25.8 Å². The van der Waals surface area contributed by atoms with Crippen molar-refractivity contribution in [2.45, 2.75) is 32.2 Å². The molecule has 1 saturated carbocycles. The van der Waals surface area contributed by atoms with Crippen molar-refractivity contribution in [3.63, 3.8) is 0 Å². The van der Waals surface area contributed by atoms with Crippen LogP contribution < -0.4 is 5.73 Å². The van der Waals surface area contributed by atoms with Gasteiger partial charge in [0.25, 0.3) is 0 Å². The summed E-state index contributed by atoms with van der Waals surface area (Å²) < 4.78 is 1.88. The highest BCUT2D eigenvalue weighted by atomic mass is 15.3. The smallest absolute Gasteiger partial charge is 0.180 e. The second kappa shape index (κ2) is 3.84. The Morgan fingerprint density at radius 1 is 1.41 bits per heavy atom. The molecule has 0 spiro atoms. The molecule has 2 aromatic rings. The fourth-order valence-electron chi connectivity index (χ4n) is 1.96. The minimum absolute atomic E-state index is 0.542. The number of hydrogen-bond donors (Lipinski definition) is 1. The van der Waals surface area contributed by atoms with Crippen LogP contribution in [-0.2, 0) is 6.54 Å². The standard InChI is InChI=1S/C12H15N5/c1-2-17-10(5-6-14-17)12-15-9(8-3-4-8)7-11(13)16-12/h5-8H,2-4H2,1H3,(H2,13,15,16). The second-order valence-corrected chi connectivity index (χ2v) is 4.35. The van der Waals surface area contributed by atoms with Gasteiger partial charge in [0.15, 0.2) is 5.82 Å². The molecule has 0 atom stereocenters. The molecule has 88 valence electrons. The van der Waals surface area contributed by atoms with E-state index in [1.54, 1.807) is 6.20 Å². The van der Waals surface area contributed by atoms with E-state index in [0.717, 1.165) is 17.9 Å². The predicted molar refractivity (Wildman–Crippen MR) is 65.3 cm³/mol. The largest absolute Gasteiger partial charge is 0.384 e. The minimum atomic E-state index is 0.542. The van der Waals surface area contributed by atoms with Crippen LogP contribution in [0.5, 0.6) is 0 Å². The Balaban J connectivity index is 2.07. The molecule has 2 N–H and O–H groups in total. The fourth-order valence-corrected chi connectivity index (χ4v) is 1.96. The molecule has 2 heterocycles. The second-order valence-electron chi connectivity index (χ2n) is 4.35. The van der Waals surface area contributed by atoms with E-state index < -0.39 is 0 Å². The molecule has 2 aromatic heterocycles. The van der Waals surface area contributed by atoms with Gasteiger partial charge in [0, 0.05) is 30.4 Å². The Morgan fingerprint density at radius 3 is 2.94 bits per heavy atom. The van der Waals surface area contributed by atoms with Gasteiger partial charge in [0.1, 0.15) is 11.5 Å². The molecule has 0 unspecified atom stereocenters. The van der Waals surface area contributed by atoms with E-state index >= 15 is 0 Å². The Labute approximate surface area is 99.7 Å². The highest BCUT2D eigenvalue weighted by Crippen LogP contribution is 2.39. The first-order chi connectivity index (χ1) is 8.28. The quantitative estimate of drug-likeness (QED) is 0.871. The Morgan fingerprint density at radius 2 is 2.24 bits per heavy atom. The maximum atomic E-state index is 5.84. The van der Waals surface area contributed by atoms with E-state index in [9.17, 15) is 0 Å². The molecule has 5 nitrogen and oxygen atoms in total. The van der Waals surface area contributed by atoms with Crippen LogP contribution in [-0.4, -0.2) is 19.7 Å². The maximum absolute atomic E-state index is 5.84. The average Bonchev–Trinajstić information content (AvgIpc) is 3.06. The Kier molecular flexibility index (Phi) is 2.31. The lowest BCUT2D eigenvalue weighted by molar-refractivity contribution is 0.663. The normalized spacial score (nSPS) is 15.1. The molecule has 0 aliphatic heterocycles. The van der Waals surface area contributed by atoms with Crippen LogP contribution in [0, 0.1) is 0 Å². The summed E-state index contributed by atoms with van der Waals surface area (Å²) in [5.74, 6) is 1.81. The van der Waals surface area contributed by atoms with Crippen molar-refractivity contribution >= 4 is 5.82 Å². The van der Waals surface area contributed by atoms with E-state index in [1.807, 2.05) is 23.7 Å². The summed E-state index contributed by atoms with van der Waals surface area (Å²) in [7, 11) is 0. The molecule has 0 bridgehead atoms. The predicted octanol–water partition coefficient (Wildman–Crippen LogP) is 1.82. The van der Waals surface area contributed by atoms with Crippen molar-refractivity contribution in [3.8, 4) is 11.5 Å². The number of nitrogens with zero attached hydrogens (tertiary/aromatic N) is 4. The summed E-state index contributed by atoms with van der Waals surface area (Å²) >= 11 is 0. The van der Waals surface area contributed by atoms with Gasteiger partial charge >= 0.3 is 0 Å². The third-order valence-corrected chi connectivity index (χ3v) is 3.01. The Hall–Kier alpha value is -1.91. The first-order valence-corrected chi connectivity index (χ1v) is 5.94. The first-order valence-electron chi connectivity index (χ1n) is 5.94. The summed E-state index contributed by atoms with van der Waals surface area (Å²) in [5, 5.41) is 4.23. The van der Waals surface area contributed by atoms with Crippen LogP contribution in [0.25, 0.3) is 11.5 Å². The van der Waals surface area contributed by atoms with Crippen molar-refractivity contribution in [1.82, 2.24) is 19.7 Å². The molecule has 0 amide bonds. The van der Waals surface area contributed by atoms with Crippen molar-refractivity contribution in [1.29, 1.82) is 0 Å². The summed E-state index contributed by atoms with van der Waals surface area (Å²) in [6, 6.07) is 3.81. The van der Waals surface area contributed by atoms with E-state index in [2.05, 4.69) is 15.1 Å². The van der Waals surface area contributed by atoms with E-state index in [4.69, 9.17) is 5.73 Å². The number of hydrogen-bond acceptors (Lipinski definition) is 4. The van der Waals surface area contributed by atoms with Crippen molar-refractivity contribution in [3.05, 3.63) is 24.0 Å². The van der Waals surface area contributed by atoms with Crippen LogP contribution in [0.1, 0.15) is 31.4 Å². The van der Waals surface area contributed by atoms with Gasteiger partial charge in [0.05, 0.1) is 0 Å². The lowest BCUT2D eigenvalue weighted by Gasteiger charge is -2.06. The summed E-state index contributed by atoms with van der Waals surface area (Å²) in [6.45, 7) is 2.85. The van der Waals surface area contributed by atoms with Gasteiger partial charge in [-0.2, -0.15) is 5.10 Å². The van der Waals surface area contributed by atoms with Crippen LogP contribution in [0.3, 0.4) is 0 Å². The molecule has 1 aliphatic rings. The SMILES string of the molecule is CCn1nccc1-c1nc(N)cc(C2CC2)n1. The molecular weight excluding hydrogens is 214 g/mol. The third kappa shape index (κ3) is 1.88. The van der Waals surface area contributed by atoms with Gasteiger partial charge in [-0.25, -0.2) is 9.97 Å². The van der Waals surface area contributed by atoms with Crippen LogP contribution in [0.4, 0.5) is 5.82 Å². The lowest BCUT2D eigenvalue weighted by Crippen LogP contribution is -2.04. The first kappa shape index (κ1) is 10.3. The molecule has 5 heteroatoms. The van der Waals surface area contributed by atoms with Crippen LogP contribution in [0.2, 0.25) is 0 Å². The molecule has 3 rings (SSSR count). The topological polar surface area (TPSA) is 69.6 Å². The van der Waals surface area contributed by atoms with Gasteiger partial charge in [-0.3, -0.25) is 4.68 Å². The number of rotatable bonds is 3. The van der Waals surface area contributed by atoms with Crippen molar-refractivity contribution in [2.24, 2.45) is 0 Å². The minimum Gasteiger partial charge on any atom is -0.384 e. The van der Waals surface area contributed by atoms with Crippen molar-refractivity contribution < 1.29 is 0 Å². The zero-order chi connectivity index (χ0) is 11.8. The summed E-state index contributed by atoms with van der Waals surface area (Å²) in [5.41, 5.74) is 7.84. The zero-order valence-electron chi connectivity index (χ0n) is 9.80. The molecule has 17 heavy (non-hydrogen) atoms. The Bertz CT molecular complexity index is 542. The number of nitrogen functional groups attached to an aromatic ring is 1. The van der Waals surface area contributed by atoms with E-state index in [-0.39, 0.29) is 0 Å². The van der Waals surface area contributed by atoms with E-state index in [1.165, 1.54) is 12.8 Å². The monoisotopic (exact) mass is 229 g/mol. The number of aromatic nitrogens is 4. The number of aryl methyl sites for hydroxylation is 1. The average molecular weight is 229 g/mol. The molecule has 1 fully saturated rings. The van der Waals surface area contributed by atoms with E-state index in [0.29, 0.717) is 17.6 Å². The zero-order valence-corrected chi connectivity index (χ0v) is 9.80. The van der Waals surface area contributed by atoms with Gasteiger partial charge in [-0.1, -0.05) is 0 Å². The number of nitrogens with two attached hydrogens (primary N) is 1. The summed E-state index contributed by atoms with van der Waals surface area (Å²) in [6.07, 6.45) is 4.19. The highest BCUT2D eigenvalue weighted by Gasteiger charge is 2.26.